The minimum Gasteiger partial charge on any atom is -0.492 e. The third-order valence-corrected chi connectivity index (χ3v) is 7.92. The van der Waals surface area contributed by atoms with Gasteiger partial charge in [-0.15, -0.1) is 0 Å². The number of ether oxygens (including phenoxy) is 1. The van der Waals surface area contributed by atoms with E-state index in [1.807, 2.05) is 31.3 Å². The number of thiazole rings is 1. The lowest BCUT2D eigenvalue weighted by Crippen LogP contribution is -2.35. The first-order chi connectivity index (χ1) is 15.9. The number of aromatic nitrogens is 3. The van der Waals surface area contributed by atoms with Gasteiger partial charge in [-0.3, -0.25) is 14.4 Å². The number of rotatable bonds is 9. The van der Waals surface area contributed by atoms with E-state index in [2.05, 4.69) is 5.10 Å². The standard InChI is InChI=1S/C23H24N4O4S2/c1-3-31-18-10-7-11-19-21(18)25-23(32-19)27(16-15-26-14-8-13-24-26)22(28)17-9-5-6-12-20(17)33(29,30)4-2/h5-14H,3-4,15-16H2,1-2H3. The second-order valence-electron chi connectivity index (χ2n) is 7.16. The average molecular weight is 485 g/mol. The van der Waals surface area contributed by atoms with Crippen molar-refractivity contribution in [3.05, 3.63) is 66.5 Å². The summed E-state index contributed by atoms with van der Waals surface area (Å²) in [4.78, 5) is 20.0. The number of anilines is 1. The number of para-hydroxylation sites is 1. The summed E-state index contributed by atoms with van der Waals surface area (Å²) < 4.78 is 33.6. The molecule has 172 valence electrons. The van der Waals surface area contributed by atoms with Crippen molar-refractivity contribution in [2.45, 2.75) is 25.3 Å². The van der Waals surface area contributed by atoms with Crippen LogP contribution >= 0.6 is 11.3 Å². The molecular weight excluding hydrogens is 460 g/mol. The highest BCUT2D eigenvalue weighted by Crippen LogP contribution is 2.35. The summed E-state index contributed by atoms with van der Waals surface area (Å²) in [6, 6.07) is 13.8. The van der Waals surface area contributed by atoms with Gasteiger partial charge in [0.2, 0.25) is 0 Å². The second kappa shape index (κ2) is 9.72. The van der Waals surface area contributed by atoms with Gasteiger partial charge in [0, 0.05) is 18.9 Å². The van der Waals surface area contributed by atoms with Crippen molar-refractivity contribution in [3.63, 3.8) is 0 Å². The Morgan fingerprint density at radius 1 is 1.12 bits per heavy atom. The van der Waals surface area contributed by atoms with Crippen LogP contribution in [0.25, 0.3) is 10.2 Å². The van der Waals surface area contributed by atoms with Crippen LogP contribution in [0.5, 0.6) is 5.75 Å². The highest BCUT2D eigenvalue weighted by Gasteiger charge is 2.27. The first-order valence-corrected chi connectivity index (χ1v) is 13.0. The fourth-order valence-electron chi connectivity index (χ4n) is 3.43. The maximum absolute atomic E-state index is 13.7. The molecule has 0 saturated carbocycles. The number of hydrogen-bond acceptors (Lipinski definition) is 7. The Labute approximate surface area is 196 Å². The predicted octanol–water partition coefficient (Wildman–Crippen LogP) is 4.03. The van der Waals surface area contributed by atoms with Gasteiger partial charge in [-0.1, -0.05) is 36.5 Å². The van der Waals surface area contributed by atoms with E-state index in [-0.39, 0.29) is 22.8 Å². The van der Waals surface area contributed by atoms with Gasteiger partial charge in [-0.2, -0.15) is 5.10 Å². The number of hydrogen-bond donors (Lipinski definition) is 0. The summed E-state index contributed by atoms with van der Waals surface area (Å²) in [5, 5.41) is 4.68. The molecule has 0 N–H and O–H groups in total. The zero-order valence-corrected chi connectivity index (χ0v) is 20.0. The highest BCUT2D eigenvalue weighted by atomic mass is 32.2. The molecule has 2 aromatic heterocycles. The number of fused-ring (bicyclic) bond motifs is 1. The Morgan fingerprint density at radius 3 is 2.67 bits per heavy atom. The zero-order chi connectivity index (χ0) is 23.4. The molecule has 0 radical (unpaired) electrons. The molecule has 4 rings (SSSR count). The number of benzene rings is 2. The lowest BCUT2D eigenvalue weighted by molar-refractivity contribution is 0.0982. The van der Waals surface area contributed by atoms with Crippen LogP contribution in [0.15, 0.2) is 65.8 Å². The van der Waals surface area contributed by atoms with E-state index in [1.165, 1.54) is 22.3 Å². The van der Waals surface area contributed by atoms with Crippen molar-refractivity contribution in [2.75, 3.05) is 23.8 Å². The molecule has 0 atom stereocenters. The van der Waals surface area contributed by atoms with Crippen molar-refractivity contribution < 1.29 is 17.9 Å². The molecule has 0 aliphatic rings. The fourth-order valence-corrected chi connectivity index (χ4v) is 5.53. The van der Waals surface area contributed by atoms with Gasteiger partial charge < -0.3 is 4.74 Å². The number of nitrogens with zero attached hydrogens (tertiary/aromatic N) is 4. The molecular formula is C23H24N4O4S2. The molecule has 2 aromatic carbocycles. The minimum absolute atomic E-state index is 0.0257. The molecule has 2 heterocycles. The van der Waals surface area contributed by atoms with Gasteiger partial charge in [0.15, 0.2) is 15.0 Å². The van der Waals surface area contributed by atoms with E-state index in [1.54, 1.807) is 42.1 Å². The van der Waals surface area contributed by atoms with Crippen molar-refractivity contribution in [2.24, 2.45) is 0 Å². The van der Waals surface area contributed by atoms with E-state index < -0.39 is 15.7 Å². The molecule has 4 aromatic rings. The molecule has 0 saturated heterocycles. The van der Waals surface area contributed by atoms with Gasteiger partial charge in [-0.05, 0) is 37.3 Å². The Bertz CT molecular complexity index is 1360. The number of carbonyl (C=O) groups excluding carboxylic acids is 1. The average Bonchev–Trinajstić information content (AvgIpc) is 3.50. The van der Waals surface area contributed by atoms with Crippen LogP contribution in [0.4, 0.5) is 5.13 Å². The second-order valence-corrected chi connectivity index (χ2v) is 10.4. The van der Waals surface area contributed by atoms with Crippen LogP contribution in [-0.4, -0.2) is 48.0 Å². The molecule has 0 aliphatic heterocycles. The summed E-state index contributed by atoms with van der Waals surface area (Å²) >= 11 is 1.36. The zero-order valence-electron chi connectivity index (χ0n) is 18.3. The first-order valence-electron chi connectivity index (χ1n) is 10.6. The normalized spacial score (nSPS) is 11.6. The summed E-state index contributed by atoms with van der Waals surface area (Å²) in [5.41, 5.74) is 0.801. The molecule has 0 unspecified atom stereocenters. The Morgan fingerprint density at radius 2 is 1.94 bits per heavy atom. The van der Waals surface area contributed by atoms with Crippen LogP contribution in [0.3, 0.4) is 0 Å². The van der Waals surface area contributed by atoms with E-state index in [0.717, 1.165) is 4.70 Å². The maximum atomic E-state index is 13.7. The smallest absolute Gasteiger partial charge is 0.261 e. The van der Waals surface area contributed by atoms with Gasteiger partial charge in [0.1, 0.15) is 11.3 Å². The number of carbonyl (C=O) groups is 1. The van der Waals surface area contributed by atoms with E-state index in [4.69, 9.17) is 9.72 Å². The molecule has 0 spiro atoms. The van der Waals surface area contributed by atoms with Gasteiger partial charge >= 0.3 is 0 Å². The Hall–Kier alpha value is -3.24. The van der Waals surface area contributed by atoms with Crippen molar-refractivity contribution in [1.29, 1.82) is 0 Å². The Kier molecular flexibility index (Phi) is 6.75. The summed E-state index contributed by atoms with van der Waals surface area (Å²) in [6.07, 6.45) is 3.48. The lowest BCUT2D eigenvalue weighted by Gasteiger charge is -2.21. The topological polar surface area (TPSA) is 94.4 Å². The summed E-state index contributed by atoms with van der Waals surface area (Å²) in [6.45, 7) is 4.66. The third kappa shape index (κ3) is 4.76. The van der Waals surface area contributed by atoms with Gasteiger partial charge in [0.25, 0.3) is 5.91 Å². The van der Waals surface area contributed by atoms with Crippen molar-refractivity contribution in [1.82, 2.24) is 14.8 Å². The third-order valence-electron chi connectivity index (χ3n) is 5.09. The monoisotopic (exact) mass is 484 g/mol. The van der Waals surface area contributed by atoms with E-state index in [9.17, 15) is 13.2 Å². The van der Waals surface area contributed by atoms with E-state index in [0.29, 0.717) is 29.5 Å². The molecule has 33 heavy (non-hydrogen) atoms. The van der Waals surface area contributed by atoms with Gasteiger partial charge in [0.05, 0.1) is 34.1 Å². The maximum Gasteiger partial charge on any atom is 0.261 e. The molecule has 0 bridgehead atoms. The van der Waals surface area contributed by atoms with Crippen LogP contribution in [0.1, 0.15) is 24.2 Å². The quantitative estimate of drug-likeness (QED) is 0.356. The first kappa shape index (κ1) is 22.9. The predicted molar refractivity (Wildman–Crippen MR) is 129 cm³/mol. The molecule has 8 nitrogen and oxygen atoms in total. The van der Waals surface area contributed by atoms with Crippen LogP contribution < -0.4 is 9.64 Å². The highest BCUT2D eigenvalue weighted by molar-refractivity contribution is 7.91. The SMILES string of the molecule is CCOc1cccc2sc(N(CCn3cccn3)C(=O)c3ccccc3S(=O)(=O)CC)nc12. The molecule has 0 fully saturated rings. The largest absolute Gasteiger partial charge is 0.492 e. The molecule has 1 amide bonds. The summed E-state index contributed by atoms with van der Waals surface area (Å²) in [5.74, 6) is 0.126. The van der Waals surface area contributed by atoms with E-state index >= 15 is 0 Å². The van der Waals surface area contributed by atoms with Crippen molar-refractivity contribution in [3.8, 4) is 5.75 Å². The molecule has 0 aliphatic carbocycles. The minimum atomic E-state index is -3.59. The van der Waals surface area contributed by atoms with Crippen LogP contribution in [0, 0.1) is 0 Å². The molecule has 10 heteroatoms. The van der Waals surface area contributed by atoms with Crippen molar-refractivity contribution >= 4 is 42.4 Å². The number of amides is 1. The fraction of sp³-hybridized carbons (Fsp3) is 0.261. The Balaban J connectivity index is 1.79. The van der Waals surface area contributed by atoms with Crippen LogP contribution in [-0.2, 0) is 16.4 Å². The van der Waals surface area contributed by atoms with Crippen LogP contribution in [0.2, 0.25) is 0 Å². The van der Waals surface area contributed by atoms with Gasteiger partial charge in [-0.25, -0.2) is 13.4 Å². The summed E-state index contributed by atoms with van der Waals surface area (Å²) in [7, 11) is -3.59. The number of sulfone groups is 1. The lowest BCUT2D eigenvalue weighted by atomic mass is 10.2.